The van der Waals surface area contributed by atoms with Gasteiger partial charge in [-0.25, -0.2) is 8.42 Å². The number of aliphatic hydroxyl groups excluding tert-OH is 1. The molecule has 7 heteroatoms. The molecule has 0 radical (unpaired) electrons. The van der Waals surface area contributed by atoms with Crippen LogP contribution in [-0.2, 0) is 34.0 Å². The number of piperidine rings is 1. The predicted molar refractivity (Wildman–Crippen MR) is 153 cm³/mol. The number of amides is 1. The van der Waals surface area contributed by atoms with E-state index in [1.807, 2.05) is 24.3 Å². The number of fused-ring (bicyclic) bond motifs is 2. The van der Waals surface area contributed by atoms with Crippen LogP contribution in [0.1, 0.15) is 55.2 Å². The van der Waals surface area contributed by atoms with E-state index in [-0.39, 0.29) is 17.1 Å². The lowest BCUT2D eigenvalue weighted by Gasteiger charge is -2.27. The van der Waals surface area contributed by atoms with Gasteiger partial charge in [-0.1, -0.05) is 55.0 Å². The molecule has 5 rings (SSSR count). The van der Waals surface area contributed by atoms with Crippen LogP contribution in [0, 0.1) is 0 Å². The lowest BCUT2D eigenvalue weighted by atomic mass is 9.90. The van der Waals surface area contributed by atoms with Crippen molar-refractivity contribution in [2.45, 2.75) is 68.9 Å². The second-order valence-electron chi connectivity index (χ2n) is 10.4. The number of likely N-dealkylation sites (tertiary alicyclic amines) is 1. The van der Waals surface area contributed by atoms with Gasteiger partial charge in [0, 0.05) is 13.6 Å². The third-order valence-electron chi connectivity index (χ3n) is 7.56. The van der Waals surface area contributed by atoms with Gasteiger partial charge in [0.05, 0.1) is 10.6 Å². The fraction of sp³-hybridized carbons (Fsp3) is 0.452. The highest BCUT2D eigenvalue weighted by molar-refractivity contribution is 7.91. The largest absolute Gasteiger partial charge is 0.383 e. The predicted octanol–water partition coefficient (Wildman–Crippen LogP) is 4.66. The summed E-state index contributed by atoms with van der Waals surface area (Å²) in [6.45, 7) is 3.78. The van der Waals surface area contributed by atoms with E-state index in [9.17, 15) is 18.3 Å². The first kappa shape index (κ1) is 28.3. The van der Waals surface area contributed by atoms with Crippen molar-refractivity contribution in [2.75, 3.05) is 25.9 Å². The van der Waals surface area contributed by atoms with Gasteiger partial charge in [-0.15, -0.1) is 0 Å². The Kier molecular flexibility index (Phi) is 9.94. The van der Waals surface area contributed by atoms with E-state index in [1.54, 1.807) is 29.3 Å². The molecule has 1 saturated heterocycles. The molecular weight excluding hydrogens is 496 g/mol. The summed E-state index contributed by atoms with van der Waals surface area (Å²) < 4.78 is 24.5. The molecule has 1 unspecified atom stereocenters. The SMILES string of the molecule is CNC(=O)C(O)CCS(=O)(=O)c1ccc2ccccc2c1.c1cc2c(cc1CN1CCCCC1)CCCC2. The topological polar surface area (TPSA) is 86.7 Å². The first-order valence-corrected chi connectivity index (χ1v) is 15.5. The zero-order valence-electron chi connectivity index (χ0n) is 22.4. The fourth-order valence-corrected chi connectivity index (χ4v) is 6.66. The van der Waals surface area contributed by atoms with Crippen LogP contribution >= 0.6 is 0 Å². The molecule has 1 amide bonds. The number of aliphatic hydroxyl groups is 1. The standard InChI is InChI=1S/C16H23N.C15H17NO4S/c1-4-10-17(11-5-1)13-14-8-9-15-6-2-3-7-16(15)12-14;1-16-15(18)14(17)8-9-21(19,20)13-7-6-11-4-2-3-5-12(11)10-13/h8-9,12H,1-7,10-11,13H2;2-7,10,14,17H,8-9H2,1H3,(H,16,18). The quantitative estimate of drug-likeness (QED) is 0.459. The minimum absolute atomic E-state index is 0.130. The third-order valence-corrected chi connectivity index (χ3v) is 9.30. The summed E-state index contributed by atoms with van der Waals surface area (Å²) in [6, 6.07) is 19.6. The Morgan fingerprint density at radius 3 is 2.34 bits per heavy atom. The van der Waals surface area contributed by atoms with Gasteiger partial charge in [0.2, 0.25) is 5.91 Å². The van der Waals surface area contributed by atoms with Crippen molar-refractivity contribution in [3.8, 4) is 0 Å². The van der Waals surface area contributed by atoms with Crippen molar-refractivity contribution >= 4 is 26.5 Å². The molecule has 0 bridgehead atoms. The second-order valence-corrected chi connectivity index (χ2v) is 12.5. The fourth-order valence-electron chi connectivity index (χ4n) is 5.30. The average molecular weight is 537 g/mol. The molecular formula is C31H40N2O4S. The van der Waals surface area contributed by atoms with Gasteiger partial charge in [-0.3, -0.25) is 9.69 Å². The molecule has 1 heterocycles. The zero-order valence-corrected chi connectivity index (χ0v) is 23.2. The van der Waals surface area contributed by atoms with Crippen LogP contribution in [0.2, 0.25) is 0 Å². The van der Waals surface area contributed by atoms with Crippen LogP contribution in [0.5, 0.6) is 0 Å². The van der Waals surface area contributed by atoms with E-state index in [0.717, 1.165) is 10.8 Å². The van der Waals surface area contributed by atoms with Crippen molar-refractivity contribution in [3.05, 3.63) is 77.4 Å². The van der Waals surface area contributed by atoms with Crippen LogP contribution in [0.25, 0.3) is 10.8 Å². The number of hydrogen-bond donors (Lipinski definition) is 2. The number of rotatable bonds is 7. The van der Waals surface area contributed by atoms with E-state index in [2.05, 4.69) is 28.4 Å². The molecule has 3 aromatic carbocycles. The number of hydrogen-bond acceptors (Lipinski definition) is 5. The van der Waals surface area contributed by atoms with E-state index in [1.165, 1.54) is 77.2 Å². The van der Waals surface area contributed by atoms with Crippen LogP contribution < -0.4 is 5.32 Å². The normalized spacial score (nSPS) is 16.7. The Morgan fingerprint density at radius 1 is 0.895 bits per heavy atom. The minimum Gasteiger partial charge on any atom is -0.383 e. The van der Waals surface area contributed by atoms with Crippen LogP contribution in [0.4, 0.5) is 0 Å². The van der Waals surface area contributed by atoms with E-state index >= 15 is 0 Å². The first-order valence-electron chi connectivity index (χ1n) is 13.8. The number of carbonyl (C=O) groups is 1. The molecule has 2 N–H and O–H groups in total. The number of sulfone groups is 1. The Labute approximate surface area is 227 Å². The maximum Gasteiger partial charge on any atom is 0.248 e. The summed E-state index contributed by atoms with van der Waals surface area (Å²) in [7, 11) is -2.14. The van der Waals surface area contributed by atoms with Crippen molar-refractivity contribution in [1.29, 1.82) is 0 Å². The lowest BCUT2D eigenvalue weighted by Crippen LogP contribution is -2.33. The van der Waals surface area contributed by atoms with E-state index < -0.39 is 21.8 Å². The van der Waals surface area contributed by atoms with Gasteiger partial charge >= 0.3 is 0 Å². The van der Waals surface area contributed by atoms with E-state index in [0.29, 0.717) is 0 Å². The van der Waals surface area contributed by atoms with Gasteiger partial charge in [0.25, 0.3) is 0 Å². The van der Waals surface area contributed by atoms with Crippen LogP contribution in [0.3, 0.4) is 0 Å². The molecule has 1 aliphatic carbocycles. The summed E-state index contributed by atoms with van der Waals surface area (Å²) in [5, 5.41) is 13.6. The first-order chi connectivity index (χ1) is 18.4. The summed E-state index contributed by atoms with van der Waals surface area (Å²) in [4.78, 5) is 14.0. The van der Waals surface area contributed by atoms with Gasteiger partial charge in [-0.2, -0.15) is 0 Å². The monoisotopic (exact) mass is 536 g/mol. The smallest absolute Gasteiger partial charge is 0.248 e. The summed E-state index contributed by atoms with van der Waals surface area (Å²) in [5.41, 5.74) is 4.77. The molecule has 0 aromatic heterocycles. The molecule has 38 heavy (non-hydrogen) atoms. The summed E-state index contributed by atoms with van der Waals surface area (Å²) in [5.74, 6) is -0.858. The number of aryl methyl sites for hydroxylation is 2. The average Bonchev–Trinajstić information content (AvgIpc) is 2.96. The summed E-state index contributed by atoms with van der Waals surface area (Å²) >= 11 is 0. The van der Waals surface area contributed by atoms with Gasteiger partial charge in [0.15, 0.2) is 9.84 Å². The Hall–Kier alpha value is -2.74. The maximum absolute atomic E-state index is 12.2. The highest BCUT2D eigenvalue weighted by Crippen LogP contribution is 2.24. The third kappa shape index (κ3) is 7.65. The minimum atomic E-state index is -3.53. The number of likely N-dealkylation sites (N-methyl/N-ethyl adjacent to an activating group) is 1. The van der Waals surface area contributed by atoms with Gasteiger partial charge in [0.1, 0.15) is 6.10 Å². The van der Waals surface area contributed by atoms with E-state index in [4.69, 9.17) is 0 Å². The molecule has 3 aromatic rings. The Bertz CT molecular complexity index is 1330. The highest BCUT2D eigenvalue weighted by atomic mass is 32.2. The van der Waals surface area contributed by atoms with Crippen LogP contribution in [0.15, 0.2) is 65.6 Å². The van der Waals surface area contributed by atoms with Gasteiger partial charge < -0.3 is 10.4 Å². The number of carbonyl (C=O) groups excluding carboxylic acids is 1. The molecule has 1 aliphatic heterocycles. The van der Waals surface area contributed by atoms with Crippen molar-refractivity contribution in [1.82, 2.24) is 10.2 Å². The van der Waals surface area contributed by atoms with Crippen LogP contribution in [-0.4, -0.2) is 56.3 Å². The molecule has 204 valence electrons. The Balaban J connectivity index is 0.000000180. The number of benzene rings is 3. The molecule has 0 spiro atoms. The second kappa shape index (κ2) is 13.4. The maximum atomic E-state index is 12.2. The lowest BCUT2D eigenvalue weighted by molar-refractivity contribution is -0.128. The molecule has 2 aliphatic rings. The molecule has 0 saturated carbocycles. The molecule has 1 atom stereocenters. The number of nitrogens with zero attached hydrogens (tertiary/aromatic N) is 1. The summed E-state index contributed by atoms with van der Waals surface area (Å²) in [6.07, 6.45) is 8.16. The number of nitrogens with one attached hydrogen (secondary N) is 1. The van der Waals surface area contributed by atoms with Crippen molar-refractivity contribution in [3.63, 3.8) is 0 Å². The highest BCUT2D eigenvalue weighted by Gasteiger charge is 2.20. The molecule has 6 nitrogen and oxygen atoms in total. The van der Waals surface area contributed by atoms with Crippen molar-refractivity contribution < 1.29 is 18.3 Å². The molecule has 1 fully saturated rings. The van der Waals surface area contributed by atoms with Crippen molar-refractivity contribution in [2.24, 2.45) is 0 Å². The zero-order chi connectivity index (χ0) is 27.0. The Morgan fingerprint density at radius 2 is 1.61 bits per heavy atom. The van der Waals surface area contributed by atoms with Gasteiger partial charge in [-0.05, 0) is 97.6 Å².